The molecule has 0 unspecified atom stereocenters. The molecule has 0 saturated heterocycles. The number of guanidine groups is 1. The molecule has 1 heterocycles. The van der Waals surface area contributed by atoms with Crippen LogP contribution in [0, 0.1) is 6.92 Å². The highest BCUT2D eigenvalue weighted by molar-refractivity contribution is 5.78. The first kappa shape index (κ1) is 11.9. The fourth-order valence-electron chi connectivity index (χ4n) is 2.18. The average Bonchev–Trinajstić information content (AvgIpc) is 2.79. The quantitative estimate of drug-likeness (QED) is 0.616. The maximum atomic E-state index is 5.85. The van der Waals surface area contributed by atoms with Crippen molar-refractivity contribution in [2.45, 2.75) is 45.2 Å². The molecule has 0 aliphatic heterocycles. The van der Waals surface area contributed by atoms with Crippen LogP contribution in [0.5, 0.6) is 0 Å². The molecule has 0 radical (unpaired) electrons. The lowest BCUT2D eigenvalue weighted by Gasteiger charge is -2.12. The van der Waals surface area contributed by atoms with Gasteiger partial charge in [0.2, 0.25) is 0 Å². The van der Waals surface area contributed by atoms with E-state index in [1.165, 1.54) is 25.7 Å². The molecule has 0 aromatic carbocycles. The normalized spacial score (nSPS) is 17.4. The van der Waals surface area contributed by atoms with Gasteiger partial charge in [-0.2, -0.15) is 0 Å². The lowest BCUT2D eigenvalue weighted by molar-refractivity contribution is 0.625. The summed E-state index contributed by atoms with van der Waals surface area (Å²) < 4.78 is 0. The number of hydrogen-bond acceptors (Lipinski definition) is 2. The van der Waals surface area contributed by atoms with E-state index < -0.39 is 0 Å². The van der Waals surface area contributed by atoms with Crippen molar-refractivity contribution in [1.29, 1.82) is 0 Å². The topological polar surface area (TPSA) is 63.3 Å². The Bertz CT molecular complexity index is 394. The number of nitrogens with zero attached hydrogens (tertiary/aromatic N) is 2. The summed E-state index contributed by atoms with van der Waals surface area (Å²) in [5, 5.41) is 3.26. The largest absolute Gasteiger partial charge is 0.370 e. The van der Waals surface area contributed by atoms with Gasteiger partial charge < -0.3 is 11.1 Å². The van der Waals surface area contributed by atoms with E-state index in [9.17, 15) is 0 Å². The minimum Gasteiger partial charge on any atom is -0.370 e. The van der Waals surface area contributed by atoms with E-state index in [-0.39, 0.29) is 0 Å². The number of pyridine rings is 1. The van der Waals surface area contributed by atoms with Crippen LogP contribution in [0.4, 0.5) is 0 Å². The summed E-state index contributed by atoms with van der Waals surface area (Å²) in [4.78, 5) is 8.71. The molecule has 1 saturated carbocycles. The Labute approximate surface area is 102 Å². The second-order valence-electron chi connectivity index (χ2n) is 4.60. The zero-order valence-electron chi connectivity index (χ0n) is 10.3. The number of nitrogens with two attached hydrogens (primary N) is 1. The summed E-state index contributed by atoms with van der Waals surface area (Å²) in [6.45, 7) is 2.53. The van der Waals surface area contributed by atoms with Crippen LogP contribution in [-0.2, 0) is 6.54 Å². The number of hydrogen-bond donors (Lipinski definition) is 2. The molecule has 4 nitrogen and oxygen atoms in total. The minimum atomic E-state index is 0.518. The van der Waals surface area contributed by atoms with E-state index in [1.807, 2.05) is 25.1 Å². The molecule has 0 bridgehead atoms. The lowest BCUT2D eigenvalue weighted by Crippen LogP contribution is -2.38. The zero-order valence-corrected chi connectivity index (χ0v) is 10.3. The van der Waals surface area contributed by atoms with E-state index in [0.29, 0.717) is 18.5 Å². The number of aliphatic imine (C=N–C) groups is 1. The molecular weight excluding hydrogens is 212 g/mol. The molecule has 17 heavy (non-hydrogen) atoms. The predicted octanol–water partition coefficient (Wildman–Crippen LogP) is 1.74. The molecule has 1 aromatic rings. The second kappa shape index (κ2) is 5.66. The van der Waals surface area contributed by atoms with E-state index >= 15 is 0 Å². The van der Waals surface area contributed by atoms with Gasteiger partial charge in [-0.05, 0) is 31.9 Å². The monoisotopic (exact) mass is 232 g/mol. The molecule has 1 aliphatic carbocycles. The van der Waals surface area contributed by atoms with Crippen molar-refractivity contribution in [1.82, 2.24) is 10.3 Å². The molecule has 3 N–H and O–H groups in total. The highest BCUT2D eigenvalue weighted by atomic mass is 15.1. The van der Waals surface area contributed by atoms with E-state index in [2.05, 4.69) is 15.3 Å². The third kappa shape index (κ3) is 3.73. The third-order valence-corrected chi connectivity index (χ3v) is 3.06. The van der Waals surface area contributed by atoms with Crippen LogP contribution in [0.15, 0.2) is 23.2 Å². The smallest absolute Gasteiger partial charge is 0.189 e. The van der Waals surface area contributed by atoms with Gasteiger partial charge in [0.25, 0.3) is 0 Å². The van der Waals surface area contributed by atoms with Crippen molar-refractivity contribution in [3.63, 3.8) is 0 Å². The summed E-state index contributed by atoms with van der Waals surface area (Å²) >= 11 is 0. The molecule has 1 fully saturated rings. The average molecular weight is 232 g/mol. The summed E-state index contributed by atoms with van der Waals surface area (Å²) in [6, 6.07) is 6.46. The fraction of sp³-hybridized carbons (Fsp3) is 0.538. The van der Waals surface area contributed by atoms with E-state index in [4.69, 9.17) is 5.73 Å². The van der Waals surface area contributed by atoms with Gasteiger partial charge in [0.1, 0.15) is 0 Å². The Morgan fingerprint density at radius 2 is 2.24 bits per heavy atom. The van der Waals surface area contributed by atoms with Gasteiger partial charge >= 0.3 is 0 Å². The van der Waals surface area contributed by atoms with Gasteiger partial charge in [0, 0.05) is 11.7 Å². The summed E-state index contributed by atoms with van der Waals surface area (Å²) in [5.41, 5.74) is 7.82. The van der Waals surface area contributed by atoms with Crippen LogP contribution >= 0.6 is 0 Å². The van der Waals surface area contributed by atoms with Gasteiger partial charge in [-0.25, -0.2) is 4.99 Å². The van der Waals surface area contributed by atoms with Crippen LogP contribution in [-0.4, -0.2) is 17.0 Å². The number of aryl methyl sites for hydroxylation is 1. The zero-order chi connectivity index (χ0) is 12.1. The first-order valence-corrected chi connectivity index (χ1v) is 6.23. The molecule has 2 rings (SSSR count). The lowest BCUT2D eigenvalue weighted by atomic mass is 10.2. The molecule has 0 atom stereocenters. The molecule has 0 spiro atoms. The summed E-state index contributed by atoms with van der Waals surface area (Å²) in [6.07, 6.45) is 5.01. The van der Waals surface area contributed by atoms with E-state index in [0.717, 1.165) is 11.4 Å². The Hall–Kier alpha value is -1.58. The first-order chi connectivity index (χ1) is 8.24. The van der Waals surface area contributed by atoms with Crippen LogP contribution in [0.2, 0.25) is 0 Å². The van der Waals surface area contributed by atoms with Crippen LogP contribution in [0.3, 0.4) is 0 Å². The maximum absolute atomic E-state index is 5.85. The maximum Gasteiger partial charge on any atom is 0.189 e. The Morgan fingerprint density at radius 1 is 1.47 bits per heavy atom. The first-order valence-electron chi connectivity index (χ1n) is 6.23. The molecular formula is C13H20N4. The molecule has 92 valence electrons. The van der Waals surface area contributed by atoms with Crippen LogP contribution in [0.1, 0.15) is 37.1 Å². The molecule has 0 amide bonds. The third-order valence-electron chi connectivity index (χ3n) is 3.06. The van der Waals surface area contributed by atoms with Gasteiger partial charge in [-0.1, -0.05) is 18.9 Å². The van der Waals surface area contributed by atoms with Crippen LogP contribution in [0.25, 0.3) is 0 Å². The summed E-state index contributed by atoms with van der Waals surface area (Å²) in [7, 11) is 0. The highest BCUT2D eigenvalue weighted by Crippen LogP contribution is 2.17. The van der Waals surface area contributed by atoms with Crippen molar-refractivity contribution >= 4 is 5.96 Å². The summed E-state index contributed by atoms with van der Waals surface area (Å²) in [5.74, 6) is 0.542. The van der Waals surface area contributed by atoms with Crippen molar-refractivity contribution in [2.75, 3.05) is 0 Å². The molecule has 4 heteroatoms. The molecule has 1 aliphatic rings. The standard InChI is InChI=1S/C13H20N4/c1-10-5-4-8-12(16-10)9-15-13(14)17-11-6-2-3-7-11/h4-5,8,11H,2-3,6-7,9H2,1H3,(H3,14,15,17). The Balaban J connectivity index is 1.86. The van der Waals surface area contributed by atoms with E-state index in [1.54, 1.807) is 0 Å². The van der Waals surface area contributed by atoms with Crippen molar-refractivity contribution in [3.05, 3.63) is 29.6 Å². The van der Waals surface area contributed by atoms with Crippen LogP contribution < -0.4 is 11.1 Å². The second-order valence-corrected chi connectivity index (χ2v) is 4.60. The SMILES string of the molecule is Cc1cccc(CN=C(N)NC2CCCC2)n1. The number of nitrogens with one attached hydrogen (secondary N) is 1. The van der Waals surface area contributed by atoms with Crippen molar-refractivity contribution in [3.8, 4) is 0 Å². The minimum absolute atomic E-state index is 0.518. The Kier molecular flexibility index (Phi) is 3.96. The predicted molar refractivity (Wildman–Crippen MR) is 69.7 cm³/mol. The van der Waals surface area contributed by atoms with Gasteiger partial charge in [0.15, 0.2) is 5.96 Å². The van der Waals surface area contributed by atoms with Gasteiger partial charge in [0.05, 0.1) is 12.2 Å². The highest BCUT2D eigenvalue weighted by Gasteiger charge is 2.14. The number of rotatable bonds is 3. The van der Waals surface area contributed by atoms with Gasteiger partial charge in [-0.3, -0.25) is 4.98 Å². The molecule has 1 aromatic heterocycles. The van der Waals surface area contributed by atoms with Gasteiger partial charge in [-0.15, -0.1) is 0 Å². The van der Waals surface area contributed by atoms with Crippen molar-refractivity contribution < 1.29 is 0 Å². The van der Waals surface area contributed by atoms with Crippen molar-refractivity contribution in [2.24, 2.45) is 10.7 Å². The Morgan fingerprint density at radius 3 is 2.94 bits per heavy atom. The fourth-order valence-corrected chi connectivity index (χ4v) is 2.18. The number of aromatic nitrogens is 1.